The van der Waals surface area contributed by atoms with E-state index in [9.17, 15) is 4.79 Å². The predicted octanol–water partition coefficient (Wildman–Crippen LogP) is 2.20. The number of amides is 1. The number of ether oxygens (including phenoxy) is 1. The SMILES string of the molecule is CC1OCCN1C(=O)Cc1ccc(Br)cc1. The third-order valence-electron chi connectivity index (χ3n) is 2.72. The minimum atomic E-state index is -0.0806. The molecule has 1 fully saturated rings. The van der Waals surface area contributed by atoms with E-state index in [-0.39, 0.29) is 12.1 Å². The van der Waals surface area contributed by atoms with Crippen molar-refractivity contribution in [2.24, 2.45) is 0 Å². The smallest absolute Gasteiger partial charge is 0.229 e. The molecule has 1 heterocycles. The van der Waals surface area contributed by atoms with E-state index in [2.05, 4.69) is 15.9 Å². The van der Waals surface area contributed by atoms with Gasteiger partial charge in [0.05, 0.1) is 13.0 Å². The monoisotopic (exact) mass is 283 g/mol. The molecule has 0 radical (unpaired) electrons. The molecule has 1 unspecified atom stereocenters. The fourth-order valence-corrected chi connectivity index (χ4v) is 2.06. The van der Waals surface area contributed by atoms with Gasteiger partial charge < -0.3 is 9.64 Å². The van der Waals surface area contributed by atoms with Crippen LogP contribution in [-0.4, -0.2) is 30.2 Å². The summed E-state index contributed by atoms with van der Waals surface area (Å²) in [5.41, 5.74) is 1.03. The second-order valence-electron chi connectivity index (χ2n) is 3.86. The van der Waals surface area contributed by atoms with Crippen LogP contribution in [-0.2, 0) is 16.0 Å². The molecule has 0 N–H and O–H groups in total. The Morgan fingerprint density at radius 1 is 1.50 bits per heavy atom. The summed E-state index contributed by atoms with van der Waals surface area (Å²) in [6, 6.07) is 7.83. The van der Waals surface area contributed by atoms with Crippen LogP contribution in [0.2, 0.25) is 0 Å². The fraction of sp³-hybridized carbons (Fsp3) is 0.417. The molecule has 3 nitrogen and oxygen atoms in total. The van der Waals surface area contributed by atoms with Gasteiger partial charge in [0.2, 0.25) is 5.91 Å². The highest BCUT2D eigenvalue weighted by Crippen LogP contribution is 2.14. The average Bonchev–Trinajstić information content (AvgIpc) is 2.68. The average molecular weight is 284 g/mol. The van der Waals surface area contributed by atoms with Crippen molar-refractivity contribution in [3.05, 3.63) is 34.3 Å². The van der Waals surface area contributed by atoms with Crippen molar-refractivity contribution >= 4 is 21.8 Å². The van der Waals surface area contributed by atoms with Crippen molar-refractivity contribution in [2.45, 2.75) is 19.6 Å². The van der Waals surface area contributed by atoms with Crippen LogP contribution in [0.15, 0.2) is 28.7 Å². The maximum atomic E-state index is 11.9. The Morgan fingerprint density at radius 3 is 2.75 bits per heavy atom. The summed E-state index contributed by atoms with van der Waals surface area (Å²) >= 11 is 3.37. The van der Waals surface area contributed by atoms with Gasteiger partial charge in [0.25, 0.3) is 0 Å². The Labute approximate surface area is 104 Å². The van der Waals surface area contributed by atoms with E-state index in [1.165, 1.54) is 0 Å². The van der Waals surface area contributed by atoms with E-state index >= 15 is 0 Å². The number of benzene rings is 1. The van der Waals surface area contributed by atoms with Gasteiger partial charge in [-0.25, -0.2) is 0 Å². The lowest BCUT2D eigenvalue weighted by Gasteiger charge is -2.19. The molecule has 1 aliphatic rings. The van der Waals surface area contributed by atoms with Crippen LogP contribution in [0.4, 0.5) is 0 Å². The Kier molecular flexibility index (Phi) is 3.61. The zero-order valence-corrected chi connectivity index (χ0v) is 10.7. The summed E-state index contributed by atoms with van der Waals surface area (Å²) in [6.07, 6.45) is 0.365. The van der Waals surface area contributed by atoms with E-state index in [0.29, 0.717) is 19.6 Å². The Morgan fingerprint density at radius 2 is 2.19 bits per heavy atom. The molecule has 1 aromatic carbocycles. The molecule has 1 aliphatic heterocycles. The molecule has 16 heavy (non-hydrogen) atoms. The van der Waals surface area contributed by atoms with Crippen LogP contribution >= 0.6 is 15.9 Å². The van der Waals surface area contributed by atoms with Gasteiger partial charge in [-0.15, -0.1) is 0 Å². The first-order valence-corrected chi connectivity index (χ1v) is 6.11. The summed E-state index contributed by atoms with van der Waals surface area (Å²) in [6.45, 7) is 3.26. The summed E-state index contributed by atoms with van der Waals surface area (Å²) in [5, 5.41) is 0. The van der Waals surface area contributed by atoms with E-state index < -0.39 is 0 Å². The van der Waals surface area contributed by atoms with Crippen molar-refractivity contribution in [3.63, 3.8) is 0 Å². The molecule has 0 saturated carbocycles. The third-order valence-corrected chi connectivity index (χ3v) is 3.25. The summed E-state index contributed by atoms with van der Waals surface area (Å²) < 4.78 is 6.37. The van der Waals surface area contributed by atoms with Crippen molar-refractivity contribution < 1.29 is 9.53 Å². The van der Waals surface area contributed by atoms with Crippen molar-refractivity contribution in [2.75, 3.05) is 13.2 Å². The predicted molar refractivity (Wildman–Crippen MR) is 65.0 cm³/mol. The molecule has 1 atom stereocenters. The van der Waals surface area contributed by atoms with Gasteiger partial charge >= 0.3 is 0 Å². The number of nitrogens with zero attached hydrogens (tertiary/aromatic N) is 1. The zero-order chi connectivity index (χ0) is 11.5. The topological polar surface area (TPSA) is 29.5 Å². The molecule has 0 aromatic heterocycles. The summed E-state index contributed by atoms with van der Waals surface area (Å²) in [4.78, 5) is 13.7. The maximum Gasteiger partial charge on any atom is 0.229 e. The van der Waals surface area contributed by atoms with Gasteiger partial charge in [-0.05, 0) is 24.6 Å². The van der Waals surface area contributed by atoms with E-state index in [0.717, 1.165) is 10.0 Å². The quantitative estimate of drug-likeness (QED) is 0.833. The van der Waals surface area contributed by atoms with Gasteiger partial charge in [-0.1, -0.05) is 28.1 Å². The first-order chi connectivity index (χ1) is 7.66. The third kappa shape index (κ3) is 2.62. The van der Waals surface area contributed by atoms with Crippen molar-refractivity contribution in [1.29, 1.82) is 0 Å². The molecule has 0 spiro atoms. The van der Waals surface area contributed by atoms with Crippen molar-refractivity contribution in [3.8, 4) is 0 Å². The highest BCUT2D eigenvalue weighted by atomic mass is 79.9. The normalized spacial score (nSPS) is 20.1. The number of carbonyl (C=O) groups is 1. The van der Waals surface area contributed by atoms with Gasteiger partial charge in [0, 0.05) is 11.0 Å². The molecule has 1 saturated heterocycles. The highest BCUT2D eigenvalue weighted by molar-refractivity contribution is 9.10. The lowest BCUT2D eigenvalue weighted by Crippen LogP contribution is -2.35. The van der Waals surface area contributed by atoms with Crippen LogP contribution in [0.5, 0.6) is 0 Å². The zero-order valence-electron chi connectivity index (χ0n) is 9.15. The molecule has 1 aromatic rings. The summed E-state index contributed by atoms with van der Waals surface area (Å²) in [7, 11) is 0. The fourth-order valence-electron chi connectivity index (χ4n) is 1.80. The molecule has 1 amide bonds. The molecule has 4 heteroatoms. The Balaban J connectivity index is 1.99. The van der Waals surface area contributed by atoms with Gasteiger partial charge in [0.15, 0.2) is 0 Å². The Bertz CT molecular complexity index is 377. The first kappa shape index (κ1) is 11.6. The van der Waals surface area contributed by atoms with E-state index in [1.54, 1.807) is 4.90 Å². The van der Waals surface area contributed by atoms with Crippen LogP contribution in [0.25, 0.3) is 0 Å². The largest absolute Gasteiger partial charge is 0.357 e. The Hall–Kier alpha value is -0.870. The lowest BCUT2D eigenvalue weighted by molar-refractivity contribution is -0.134. The molecule has 0 bridgehead atoms. The maximum absolute atomic E-state index is 11.9. The van der Waals surface area contributed by atoms with Crippen molar-refractivity contribution in [1.82, 2.24) is 4.90 Å². The molecule has 0 aliphatic carbocycles. The minimum Gasteiger partial charge on any atom is -0.357 e. The van der Waals surface area contributed by atoms with Crippen LogP contribution in [0.3, 0.4) is 0 Å². The second kappa shape index (κ2) is 4.97. The van der Waals surface area contributed by atoms with Crippen LogP contribution < -0.4 is 0 Å². The van der Waals surface area contributed by atoms with Crippen LogP contribution in [0, 0.1) is 0 Å². The molecule has 86 valence electrons. The summed E-state index contributed by atoms with van der Waals surface area (Å²) in [5.74, 6) is 0.132. The first-order valence-electron chi connectivity index (χ1n) is 5.32. The number of carbonyl (C=O) groups excluding carboxylic acids is 1. The van der Waals surface area contributed by atoms with Crippen LogP contribution in [0.1, 0.15) is 12.5 Å². The van der Waals surface area contributed by atoms with E-state index in [1.807, 2.05) is 31.2 Å². The standard InChI is InChI=1S/C12H14BrNO2/c1-9-14(6-7-16-9)12(15)8-10-2-4-11(13)5-3-10/h2-5,9H,6-8H2,1H3. The number of rotatable bonds is 2. The molecular weight excluding hydrogens is 270 g/mol. The van der Waals surface area contributed by atoms with Gasteiger partial charge in [0.1, 0.15) is 6.23 Å². The number of hydrogen-bond acceptors (Lipinski definition) is 2. The highest BCUT2D eigenvalue weighted by Gasteiger charge is 2.25. The van der Waals surface area contributed by atoms with Gasteiger partial charge in [-0.3, -0.25) is 4.79 Å². The second-order valence-corrected chi connectivity index (χ2v) is 4.78. The molecular formula is C12H14BrNO2. The molecule has 2 rings (SSSR count). The minimum absolute atomic E-state index is 0.0806. The number of hydrogen-bond donors (Lipinski definition) is 0. The lowest BCUT2D eigenvalue weighted by atomic mass is 10.1. The number of halogens is 1. The van der Waals surface area contributed by atoms with Gasteiger partial charge in [-0.2, -0.15) is 0 Å². The van der Waals surface area contributed by atoms with E-state index in [4.69, 9.17) is 4.74 Å².